The lowest BCUT2D eigenvalue weighted by atomic mass is 9.87. The molecule has 29 heavy (non-hydrogen) atoms. The van der Waals surface area contributed by atoms with Crippen LogP contribution in [0.5, 0.6) is 0 Å². The highest BCUT2D eigenvalue weighted by Gasteiger charge is 2.28. The molecule has 0 aliphatic heterocycles. The molecule has 0 radical (unpaired) electrons. The van der Waals surface area contributed by atoms with E-state index in [0.29, 0.717) is 11.6 Å². The summed E-state index contributed by atoms with van der Waals surface area (Å²) in [5.74, 6) is 1.31. The summed E-state index contributed by atoms with van der Waals surface area (Å²) >= 11 is 0. The summed E-state index contributed by atoms with van der Waals surface area (Å²) in [6.07, 6.45) is 7.47. The van der Waals surface area contributed by atoms with Gasteiger partial charge in [0.05, 0.1) is 0 Å². The van der Waals surface area contributed by atoms with Crippen LogP contribution >= 0.6 is 0 Å². The van der Waals surface area contributed by atoms with Crippen LogP contribution in [0.4, 0.5) is 0 Å². The standard InChI is InChI=1S/C23H25N5O/c1-14-7-9-20-18(11-14)21(28-27-20)23(29)25-17-8-10-19-16(12-17)13-24-22(26-19)15-5-3-2-4-6-15/h2-6,13-14,17H,7-12H2,1H3,(H,25,29)(H,27,28). The summed E-state index contributed by atoms with van der Waals surface area (Å²) in [6, 6.07) is 10.1. The number of nitrogens with zero attached hydrogens (tertiary/aromatic N) is 3. The molecule has 2 heterocycles. The SMILES string of the molecule is CC1CCc2[nH]nc(C(=O)NC3CCc4nc(-c5ccccc5)ncc4C3)c2C1. The molecule has 2 aromatic heterocycles. The zero-order valence-corrected chi connectivity index (χ0v) is 16.6. The van der Waals surface area contributed by atoms with E-state index in [4.69, 9.17) is 4.98 Å². The third kappa shape index (κ3) is 3.55. The lowest BCUT2D eigenvalue weighted by Gasteiger charge is -2.25. The number of carbonyl (C=O) groups is 1. The lowest BCUT2D eigenvalue weighted by molar-refractivity contribution is 0.0927. The van der Waals surface area contributed by atoms with Crippen LogP contribution in [-0.4, -0.2) is 32.1 Å². The first-order valence-corrected chi connectivity index (χ1v) is 10.4. The molecule has 0 saturated carbocycles. The van der Waals surface area contributed by atoms with Gasteiger partial charge in [-0.1, -0.05) is 37.3 Å². The Hall–Kier alpha value is -3.02. The summed E-state index contributed by atoms with van der Waals surface area (Å²) in [7, 11) is 0. The predicted molar refractivity (Wildman–Crippen MR) is 111 cm³/mol. The first-order valence-electron chi connectivity index (χ1n) is 10.4. The van der Waals surface area contributed by atoms with Gasteiger partial charge in [-0.25, -0.2) is 9.97 Å². The molecule has 6 nitrogen and oxygen atoms in total. The Morgan fingerprint density at radius 2 is 2.00 bits per heavy atom. The number of aromatic amines is 1. The van der Waals surface area contributed by atoms with E-state index in [1.165, 1.54) is 0 Å². The Morgan fingerprint density at radius 1 is 1.14 bits per heavy atom. The molecule has 0 bridgehead atoms. The van der Waals surface area contributed by atoms with Crippen LogP contribution in [0.2, 0.25) is 0 Å². The lowest BCUT2D eigenvalue weighted by Crippen LogP contribution is -2.39. The second-order valence-electron chi connectivity index (χ2n) is 8.32. The van der Waals surface area contributed by atoms with E-state index in [2.05, 4.69) is 27.4 Å². The van der Waals surface area contributed by atoms with E-state index in [1.54, 1.807) is 0 Å². The van der Waals surface area contributed by atoms with Crippen molar-refractivity contribution < 1.29 is 4.79 Å². The summed E-state index contributed by atoms with van der Waals surface area (Å²) in [6.45, 7) is 2.24. The molecule has 2 unspecified atom stereocenters. The van der Waals surface area contributed by atoms with Gasteiger partial charge < -0.3 is 5.32 Å². The van der Waals surface area contributed by atoms with Gasteiger partial charge in [0.15, 0.2) is 11.5 Å². The zero-order chi connectivity index (χ0) is 19.8. The molecule has 6 heteroatoms. The largest absolute Gasteiger partial charge is 0.348 e. The van der Waals surface area contributed by atoms with Crippen molar-refractivity contribution in [3.63, 3.8) is 0 Å². The Labute approximate surface area is 170 Å². The second-order valence-corrected chi connectivity index (χ2v) is 8.32. The van der Waals surface area contributed by atoms with E-state index in [9.17, 15) is 4.79 Å². The summed E-state index contributed by atoms with van der Waals surface area (Å²) in [5, 5.41) is 10.6. The topological polar surface area (TPSA) is 83.6 Å². The second kappa shape index (κ2) is 7.43. The van der Waals surface area contributed by atoms with Crippen molar-refractivity contribution >= 4 is 5.91 Å². The van der Waals surface area contributed by atoms with Crippen LogP contribution in [0.1, 0.15) is 52.8 Å². The molecule has 0 fully saturated rings. The van der Waals surface area contributed by atoms with Gasteiger partial charge >= 0.3 is 0 Å². The van der Waals surface area contributed by atoms with Crippen LogP contribution in [0.15, 0.2) is 36.5 Å². The average Bonchev–Trinajstić information content (AvgIpc) is 3.17. The molecule has 1 aromatic carbocycles. The Bertz CT molecular complexity index is 1040. The van der Waals surface area contributed by atoms with E-state index >= 15 is 0 Å². The number of nitrogens with one attached hydrogen (secondary N) is 2. The monoisotopic (exact) mass is 387 g/mol. The molecule has 2 atom stereocenters. The quantitative estimate of drug-likeness (QED) is 0.722. The summed E-state index contributed by atoms with van der Waals surface area (Å²) < 4.78 is 0. The molecule has 148 valence electrons. The molecule has 1 amide bonds. The van der Waals surface area contributed by atoms with Crippen molar-refractivity contribution in [2.24, 2.45) is 5.92 Å². The van der Waals surface area contributed by atoms with Gasteiger partial charge in [0.25, 0.3) is 5.91 Å². The maximum absolute atomic E-state index is 12.9. The number of fused-ring (bicyclic) bond motifs is 2. The first kappa shape index (κ1) is 18.0. The minimum Gasteiger partial charge on any atom is -0.348 e. The van der Waals surface area contributed by atoms with Crippen molar-refractivity contribution in [2.75, 3.05) is 0 Å². The minimum absolute atomic E-state index is 0.0631. The highest BCUT2D eigenvalue weighted by Crippen LogP contribution is 2.27. The van der Waals surface area contributed by atoms with Crippen LogP contribution in [0.25, 0.3) is 11.4 Å². The zero-order valence-electron chi connectivity index (χ0n) is 16.6. The normalized spacial score (nSPS) is 20.6. The fourth-order valence-electron chi connectivity index (χ4n) is 4.47. The number of rotatable bonds is 3. The van der Waals surface area contributed by atoms with Crippen molar-refractivity contribution in [3.05, 3.63) is 64.7 Å². The molecule has 0 saturated heterocycles. The van der Waals surface area contributed by atoms with E-state index in [0.717, 1.165) is 72.4 Å². The average molecular weight is 387 g/mol. The molecular weight excluding hydrogens is 362 g/mol. The van der Waals surface area contributed by atoms with Gasteiger partial charge in [0, 0.05) is 34.8 Å². The number of H-pyrrole nitrogens is 1. The predicted octanol–water partition coefficient (Wildman–Crippen LogP) is 3.28. The number of aromatic nitrogens is 4. The molecular formula is C23H25N5O. The molecule has 0 spiro atoms. The maximum atomic E-state index is 12.9. The number of hydrogen-bond donors (Lipinski definition) is 2. The van der Waals surface area contributed by atoms with Crippen LogP contribution in [0.3, 0.4) is 0 Å². The van der Waals surface area contributed by atoms with Crippen LogP contribution in [-0.2, 0) is 25.7 Å². The van der Waals surface area contributed by atoms with Gasteiger partial charge in [-0.3, -0.25) is 9.89 Å². The van der Waals surface area contributed by atoms with E-state index in [-0.39, 0.29) is 11.9 Å². The van der Waals surface area contributed by atoms with Gasteiger partial charge in [-0.05, 0) is 50.0 Å². The van der Waals surface area contributed by atoms with Gasteiger partial charge in [-0.2, -0.15) is 5.10 Å². The highest BCUT2D eigenvalue weighted by atomic mass is 16.2. The third-order valence-electron chi connectivity index (χ3n) is 6.12. The summed E-state index contributed by atoms with van der Waals surface area (Å²) in [5.41, 5.74) is 6.06. The third-order valence-corrected chi connectivity index (χ3v) is 6.12. The van der Waals surface area contributed by atoms with Gasteiger partial charge in [0.1, 0.15) is 0 Å². The maximum Gasteiger partial charge on any atom is 0.272 e. The van der Waals surface area contributed by atoms with E-state index in [1.807, 2.05) is 36.5 Å². The highest BCUT2D eigenvalue weighted by molar-refractivity contribution is 5.94. The fraction of sp³-hybridized carbons (Fsp3) is 0.391. The molecule has 5 rings (SSSR count). The smallest absolute Gasteiger partial charge is 0.272 e. The van der Waals surface area contributed by atoms with Crippen molar-refractivity contribution in [1.29, 1.82) is 0 Å². The fourth-order valence-corrected chi connectivity index (χ4v) is 4.47. The number of hydrogen-bond acceptors (Lipinski definition) is 4. The molecule has 2 N–H and O–H groups in total. The number of carbonyl (C=O) groups excluding carboxylic acids is 1. The minimum atomic E-state index is -0.0631. The van der Waals surface area contributed by atoms with Crippen LogP contribution in [0, 0.1) is 5.92 Å². The Morgan fingerprint density at radius 3 is 2.86 bits per heavy atom. The summed E-state index contributed by atoms with van der Waals surface area (Å²) in [4.78, 5) is 22.2. The Kier molecular flexibility index (Phi) is 4.62. The molecule has 2 aliphatic carbocycles. The number of aryl methyl sites for hydroxylation is 2. The Balaban J connectivity index is 1.29. The number of benzene rings is 1. The number of amides is 1. The first-order chi connectivity index (χ1) is 14.2. The van der Waals surface area contributed by atoms with Gasteiger partial charge in [0.2, 0.25) is 0 Å². The van der Waals surface area contributed by atoms with Crippen molar-refractivity contribution in [2.45, 2.75) is 51.5 Å². The van der Waals surface area contributed by atoms with Crippen LogP contribution < -0.4 is 5.32 Å². The molecule has 2 aliphatic rings. The van der Waals surface area contributed by atoms with Gasteiger partial charge in [-0.15, -0.1) is 0 Å². The van der Waals surface area contributed by atoms with Crippen molar-refractivity contribution in [1.82, 2.24) is 25.5 Å². The van der Waals surface area contributed by atoms with Crippen molar-refractivity contribution in [3.8, 4) is 11.4 Å². The van der Waals surface area contributed by atoms with E-state index < -0.39 is 0 Å². The molecule has 3 aromatic rings.